The van der Waals surface area contributed by atoms with Crippen molar-refractivity contribution < 1.29 is 15.3 Å². The molecule has 4 aliphatic carbocycles. The highest BCUT2D eigenvalue weighted by atomic mass is 35.5. The van der Waals surface area contributed by atoms with E-state index in [1.807, 2.05) is 6.08 Å². The predicted molar refractivity (Wildman–Crippen MR) is 90.0 cm³/mol. The quantitative estimate of drug-likeness (QED) is 0.470. The molecule has 0 heterocycles. The van der Waals surface area contributed by atoms with Gasteiger partial charge < -0.3 is 15.3 Å². The van der Waals surface area contributed by atoms with E-state index in [1.165, 1.54) is 0 Å². The minimum Gasteiger partial charge on any atom is -0.390 e. The molecule has 128 valence electrons. The lowest BCUT2D eigenvalue weighted by atomic mass is 9.48. The third kappa shape index (κ3) is 1.88. The minimum absolute atomic E-state index is 0.149. The van der Waals surface area contributed by atoms with Crippen molar-refractivity contribution in [2.45, 2.75) is 62.7 Å². The topological polar surface area (TPSA) is 60.7 Å². The maximum atomic E-state index is 10.5. The van der Waals surface area contributed by atoms with Crippen molar-refractivity contribution in [3.05, 3.63) is 24.3 Å². The highest BCUT2D eigenvalue weighted by molar-refractivity contribution is 6.25. The Hall–Kier alpha value is -0.350. The van der Waals surface area contributed by atoms with E-state index in [-0.39, 0.29) is 28.6 Å². The van der Waals surface area contributed by atoms with Crippen molar-refractivity contribution in [3.8, 4) is 0 Å². The van der Waals surface area contributed by atoms with Crippen LogP contribution in [-0.2, 0) is 0 Å². The lowest BCUT2D eigenvalue weighted by Gasteiger charge is -2.61. The molecule has 0 amide bonds. The minimum atomic E-state index is -0.656. The monoisotopic (exact) mass is 338 g/mol. The first kappa shape index (κ1) is 16.1. The number of aliphatic hydroxyl groups excluding tert-OH is 3. The van der Waals surface area contributed by atoms with E-state index in [0.29, 0.717) is 6.42 Å². The summed E-state index contributed by atoms with van der Waals surface area (Å²) < 4.78 is 0. The normalized spacial score (nSPS) is 61.0. The molecule has 3 N–H and O–H groups in total. The molecule has 0 saturated heterocycles. The predicted octanol–water partition coefficient (Wildman–Crippen LogP) is 2.64. The largest absolute Gasteiger partial charge is 0.390 e. The standard InChI is InChI=1S/C19H27ClO3/c1-17-7-8-19(20)13(14(17)10-15(22)16(17)23)4-3-11-9-12(21)5-6-18(11,19)2/h3-6,11-16,21-23H,7-10H2,1-2H3/t11?,12-,13+,14+,15-,16+,17+,18+,19-/m1/s1. The van der Waals surface area contributed by atoms with Crippen molar-refractivity contribution in [2.24, 2.45) is 28.6 Å². The number of fused-ring (bicyclic) bond motifs is 5. The Morgan fingerprint density at radius 3 is 2.48 bits per heavy atom. The smallest absolute Gasteiger partial charge is 0.0855 e. The lowest BCUT2D eigenvalue weighted by Crippen LogP contribution is -2.60. The number of hydrogen-bond donors (Lipinski definition) is 3. The molecule has 0 aromatic heterocycles. The van der Waals surface area contributed by atoms with Crippen LogP contribution in [-0.4, -0.2) is 38.5 Å². The fraction of sp³-hybridized carbons (Fsp3) is 0.789. The van der Waals surface area contributed by atoms with Crippen molar-refractivity contribution in [1.82, 2.24) is 0 Å². The number of rotatable bonds is 0. The lowest BCUT2D eigenvalue weighted by molar-refractivity contribution is -0.0638. The fourth-order valence-electron chi connectivity index (χ4n) is 6.06. The summed E-state index contributed by atoms with van der Waals surface area (Å²) in [4.78, 5) is -0.406. The van der Waals surface area contributed by atoms with E-state index in [1.54, 1.807) is 0 Å². The fourth-order valence-corrected chi connectivity index (χ4v) is 6.58. The van der Waals surface area contributed by atoms with Crippen LogP contribution in [0.25, 0.3) is 0 Å². The van der Waals surface area contributed by atoms with Gasteiger partial charge in [-0.1, -0.05) is 38.2 Å². The molecule has 4 rings (SSSR count). The van der Waals surface area contributed by atoms with Gasteiger partial charge in [0.05, 0.1) is 23.2 Å². The number of alkyl halides is 1. The third-order valence-corrected chi connectivity index (χ3v) is 8.60. The molecule has 2 fully saturated rings. The molecule has 0 aromatic carbocycles. The summed E-state index contributed by atoms with van der Waals surface area (Å²) in [5.41, 5.74) is -0.444. The molecular weight excluding hydrogens is 312 g/mol. The van der Waals surface area contributed by atoms with Crippen molar-refractivity contribution in [2.75, 3.05) is 0 Å². The van der Waals surface area contributed by atoms with Crippen LogP contribution >= 0.6 is 11.6 Å². The zero-order valence-electron chi connectivity index (χ0n) is 13.8. The number of hydrogen-bond acceptors (Lipinski definition) is 3. The Morgan fingerprint density at radius 2 is 1.74 bits per heavy atom. The third-order valence-electron chi connectivity index (χ3n) is 7.75. The molecule has 3 nitrogen and oxygen atoms in total. The van der Waals surface area contributed by atoms with Gasteiger partial charge in [-0.25, -0.2) is 0 Å². The zero-order chi connectivity index (χ0) is 16.6. The summed E-state index contributed by atoms with van der Waals surface area (Å²) in [5.74, 6) is 0.598. The average Bonchev–Trinajstić information content (AvgIpc) is 2.73. The van der Waals surface area contributed by atoms with E-state index >= 15 is 0 Å². The van der Waals surface area contributed by atoms with E-state index in [2.05, 4.69) is 32.1 Å². The first-order valence-electron chi connectivity index (χ1n) is 8.83. The van der Waals surface area contributed by atoms with Crippen LogP contribution in [0.2, 0.25) is 0 Å². The van der Waals surface area contributed by atoms with E-state index in [9.17, 15) is 15.3 Å². The van der Waals surface area contributed by atoms with Crippen molar-refractivity contribution in [1.29, 1.82) is 0 Å². The number of allylic oxidation sites excluding steroid dienone is 3. The maximum absolute atomic E-state index is 10.5. The second kappa shape index (κ2) is 4.85. The van der Waals surface area contributed by atoms with E-state index in [4.69, 9.17) is 11.6 Å². The molecule has 0 aromatic rings. The van der Waals surface area contributed by atoms with Crippen LogP contribution in [0.5, 0.6) is 0 Å². The van der Waals surface area contributed by atoms with Crippen LogP contribution in [0.15, 0.2) is 24.3 Å². The first-order valence-corrected chi connectivity index (χ1v) is 9.21. The highest BCUT2D eigenvalue weighted by Crippen LogP contribution is 2.67. The molecular formula is C19H27ClO3. The summed E-state index contributed by atoms with van der Waals surface area (Å²) in [5, 5.41) is 30.7. The number of aliphatic hydroxyl groups is 3. The van der Waals surface area contributed by atoms with Crippen molar-refractivity contribution >= 4 is 11.6 Å². The number of halogens is 1. The molecule has 1 unspecified atom stereocenters. The molecule has 0 bridgehead atoms. The molecule has 2 saturated carbocycles. The average molecular weight is 339 g/mol. The zero-order valence-corrected chi connectivity index (χ0v) is 14.6. The maximum Gasteiger partial charge on any atom is 0.0855 e. The second-order valence-corrected chi connectivity index (χ2v) is 9.36. The first-order chi connectivity index (χ1) is 10.7. The van der Waals surface area contributed by atoms with Gasteiger partial charge in [0, 0.05) is 11.3 Å². The van der Waals surface area contributed by atoms with Gasteiger partial charge in [0.25, 0.3) is 0 Å². The van der Waals surface area contributed by atoms with Gasteiger partial charge in [-0.3, -0.25) is 0 Å². The van der Waals surface area contributed by atoms with Gasteiger partial charge in [-0.2, -0.15) is 0 Å². The van der Waals surface area contributed by atoms with Gasteiger partial charge in [-0.15, -0.1) is 11.6 Å². The van der Waals surface area contributed by atoms with Gasteiger partial charge in [0.1, 0.15) is 0 Å². The Bertz CT molecular complexity index is 575. The van der Waals surface area contributed by atoms with E-state index < -0.39 is 23.2 Å². The summed E-state index contributed by atoms with van der Waals surface area (Å²) >= 11 is 7.32. The Morgan fingerprint density at radius 1 is 1.00 bits per heavy atom. The Balaban J connectivity index is 1.78. The molecule has 0 aliphatic heterocycles. The van der Waals surface area contributed by atoms with Gasteiger partial charge >= 0.3 is 0 Å². The Labute approximate surface area is 143 Å². The molecule has 9 atom stereocenters. The Kier molecular flexibility index (Phi) is 3.40. The van der Waals surface area contributed by atoms with E-state index in [0.717, 1.165) is 19.3 Å². The van der Waals surface area contributed by atoms with Crippen molar-refractivity contribution in [3.63, 3.8) is 0 Å². The second-order valence-electron chi connectivity index (χ2n) is 8.68. The molecule has 4 aliphatic rings. The highest BCUT2D eigenvalue weighted by Gasteiger charge is 2.66. The van der Waals surface area contributed by atoms with Gasteiger partial charge in [0.15, 0.2) is 0 Å². The molecule has 0 radical (unpaired) electrons. The molecule has 4 heteroatoms. The van der Waals surface area contributed by atoms with Crippen LogP contribution in [0, 0.1) is 28.6 Å². The summed E-state index contributed by atoms with van der Waals surface area (Å²) in [6.07, 6.45) is 9.77. The van der Waals surface area contributed by atoms with Crippen LogP contribution in [0.1, 0.15) is 39.5 Å². The van der Waals surface area contributed by atoms with Gasteiger partial charge in [-0.05, 0) is 42.9 Å². The molecule has 23 heavy (non-hydrogen) atoms. The van der Waals surface area contributed by atoms with Crippen LogP contribution in [0.3, 0.4) is 0 Å². The van der Waals surface area contributed by atoms with Gasteiger partial charge in [0.2, 0.25) is 0 Å². The summed E-state index contributed by atoms with van der Waals surface area (Å²) in [6.45, 7) is 4.33. The SMILES string of the molecule is C[C@]12CC[C@@]3(Cl)[C@@H](C=CC4C[C@H](O)C=C[C@@]43C)[C@@H]1C[C@@H](O)[C@@H]2O. The van der Waals surface area contributed by atoms with Crippen LogP contribution < -0.4 is 0 Å². The summed E-state index contributed by atoms with van der Waals surface area (Å²) in [6, 6.07) is 0. The van der Waals surface area contributed by atoms with Crippen LogP contribution in [0.4, 0.5) is 0 Å². The summed E-state index contributed by atoms with van der Waals surface area (Å²) in [7, 11) is 0. The molecule has 0 spiro atoms.